The summed E-state index contributed by atoms with van der Waals surface area (Å²) in [6.07, 6.45) is 3.65. The third kappa shape index (κ3) is 2.51. The molecule has 2 rings (SSSR count). The summed E-state index contributed by atoms with van der Waals surface area (Å²) < 4.78 is 1.48. The fourth-order valence-electron chi connectivity index (χ4n) is 1.80. The molecule has 2 aromatic rings. The van der Waals surface area contributed by atoms with Crippen molar-refractivity contribution < 1.29 is 9.90 Å². The van der Waals surface area contributed by atoms with Crippen molar-refractivity contribution in [2.45, 2.75) is 13.3 Å². The number of carbonyl (C=O) groups is 1. The second-order valence-corrected chi connectivity index (χ2v) is 4.25. The summed E-state index contributed by atoms with van der Waals surface area (Å²) in [5, 5.41) is 8.88. The van der Waals surface area contributed by atoms with Crippen LogP contribution in [0.4, 0.5) is 0 Å². The molecule has 1 aromatic carbocycles. The van der Waals surface area contributed by atoms with Crippen LogP contribution in [0, 0.1) is 5.92 Å². The highest BCUT2D eigenvalue weighted by atomic mass is 16.4. The van der Waals surface area contributed by atoms with Crippen LogP contribution in [0.2, 0.25) is 0 Å². The summed E-state index contributed by atoms with van der Waals surface area (Å²) in [6.45, 7) is 1.66. The van der Waals surface area contributed by atoms with E-state index in [1.807, 2.05) is 24.3 Å². The molecule has 2 N–H and O–H groups in total. The molecular weight excluding hydrogens is 232 g/mol. The molecule has 94 valence electrons. The molecule has 0 aliphatic carbocycles. The average Bonchev–Trinajstić information content (AvgIpc) is 2.75. The van der Waals surface area contributed by atoms with Gasteiger partial charge in [-0.15, -0.1) is 0 Å². The van der Waals surface area contributed by atoms with Crippen LogP contribution in [0.1, 0.15) is 12.5 Å². The number of imidazole rings is 1. The summed E-state index contributed by atoms with van der Waals surface area (Å²) in [7, 11) is 0. The van der Waals surface area contributed by atoms with Crippen LogP contribution in [0.25, 0.3) is 5.69 Å². The van der Waals surface area contributed by atoms with Gasteiger partial charge in [-0.3, -0.25) is 9.36 Å². The lowest BCUT2D eigenvalue weighted by atomic mass is 10.0. The van der Waals surface area contributed by atoms with Crippen molar-refractivity contribution in [1.82, 2.24) is 9.55 Å². The smallest absolute Gasteiger partial charge is 0.330 e. The number of rotatable bonds is 4. The number of hydrogen-bond acceptors (Lipinski definition) is 2. The predicted molar refractivity (Wildman–Crippen MR) is 66.9 cm³/mol. The van der Waals surface area contributed by atoms with E-state index in [9.17, 15) is 9.59 Å². The number of aromatic amines is 1. The lowest BCUT2D eigenvalue weighted by molar-refractivity contribution is -0.141. The van der Waals surface area contributed by atoms with Crippen molar-refractivity contribution in [2.75, 3.05) is 0 Å². The molecule has 0 saturated heterocycles. The summed E-state index contributed by atoms with van der Waals surface area (Å²) in [4.78, 5) is 24.8. The molecule has 0 aliphatic heterocycles. The number of benzene rings is 1. The Morgan fingerprint density at radius 1 is 1.50 bits per heavy atom. The zero-order valence-electron chi connectivity index (χ0n) is 9.96. The predicted octanol–water partition coefficient (Wildman–Crippen LogP) is 1.43. The van der Waals surface area contributed by atoms with Crippen molar-refractivity contribution >= 4 is 5.97 Å². The van der Waals surface area contributed by atoms with Gasteiger partial charge in [0.25, 0.3) is 0 Å². The van der Waals surface area contributed by atoms with Gasteiger partial charge in [-0.2, -0.15) is 0 Å². The van der Waals surface area contributed by atoms with E-state index >= 15 is 0 Å². The molecule has 1 heterocycles. The lowest BCUT2D eigenvalue weighted by Crippen LogP contribution is -2.15. The van der Waals surface area contributed by atoms with E-state index in [2.05, 4.69) is 4.98 Å². The number of nitrogens with one attached hydrogen (secondary N) is 1. The van der Waals surface area contributed by atoms with Gasteiger partial charge < -0.3 is 10.1 Å². The fraction of sp³-hybridized carbons (Fsp3) is 0.231. The first-order chi connectivity index (χ1) is 8.58. The molecule has 1 aromatic heterocycles. The van der Waals surface area contributed by atoms with Gasteiger partial charge in [0.05, 0.1) is 11.6 Å². The standard InChI is InChI=1S/C13H14N2O3/c1-9(12(16)17)7-10-3-2-4-11(8-10)15-6-5-14-13(15)18/h2-6,8-9H,7H2,1H3,(H,14,18)(H,16,17). The van der Waals surface area contributed by atoms with Gasteiger partial charge in [0.1, 0.15) is 0 Å². The fourth-order valence-corrected chi connectivity index (χ4v) is 1.80. The molecule has 18 heavy (non-hydrogen) atoms. The van der Waals surface area contributed by atoms with Crippen molar-refractivity contribution in [3.05, 3.63) is 52.7 Å². The minimum atomic E-state index is -0.820. The van der Waals surface area contributed by atoms with E-state index in [1.165, 1.54) is 4.57 Å². The number of hydrogen-bond donors (Lipinski definition) is 2. The van der Waals surface area contributed by atoms with Gasteiger partial charge in [0, 0.05) is 12.4 Å². The van der Waals surface area contributed by atoms with E-state index in [0.29, 0.717) is 6.42 Å². The second kappa shape index (κ2) is 4.91. The molecule has 0 spiro atoms. The topological polar surface area (TPSA) is 75.1 Å². The molecule has 5 heteroatoms. The van der Waals surface area contributed by atoms with Gasteiger partial charge in [0.15, 0.2) is 0 Å². The van der Waals surface area contributed by atoms with E-state index < -0.39 is 11.9 Å². The minimum Gasteiger partial charge on any atom is -0.481 e. The van der Waals surface area contributed by atoms with E-state index in [-0.39, 0.29) is 5.69 Å². The Hall–Kier alpha value is -2.30. The molecule has 5 nitrogen and oxygen atoms in total. The highest BCUT2D eigenvalue weighted by Gasteiger charge is 2.12. The summed E-state index contributed by atoms with van der Waals surface area (Å²) in [5.74, 6) is -1.26. The van der Waals surface area contributed by atoms with Crippen LogP contribution in [0.15, 0.2) is 41.5 Å². The summed E-state index contributed by atoms with van der Waals surface area (Å²) in [5.41, 5.74) is 1.42. The number of nitrogens with zero attached hydrogens (tertiary/aromatic N) is 1. The maximum Gasteiger partial charge on any atom is 0.330 e. The number of aromatic nitrogens is 2. The molecule has 1 atom stereocenters. The van der Waals surface area contributed by atoms with Crippen molar-refractivity contribution in [3.8, 4) is 5.69 Å². The first kappa shape index (κ1) is 12.2. The van der Waals surface area contributed by atoms with Crippen molar-refractivity contribution in [3.63, 3.8) is 0 Å². The molecular formula is C13H14N2O3. The Morgan fingerprint density at radius 2 is 2.28 bits per heavy atom. The number of aliphatic carboxylic acids is 1. The monoisotopic (exact) mass is 246 g/mol. The third-order valence-corrected chi connectivity index (χ3v) is 2.80. The molecule has 0 aliphatic rings. The number of carboxylic acid groups (broad SMARTS) is 1. The van der Waals surface area contributed by atoms with Crippen LogP contribution in [-0.2, 0) is 11.2 Å². The van der Waals surface area contributed by atoms with Crippen molar-refractivity contribution in [1.29, 1.82) is 0 Å². The van der Waals surface area contributed by atoms with Gasteiger partial charge in [-0.25, -0.2) is 4.79 Å². The SMILES string of the molecule is CC(Cc1cccc(-n2cc[nH]c2=O)c1)C(=O)O. The number of carboxylic acids is 1. The Morgan fingerprint density at radius 3 is 2.89 bits per heavy atom. The van der Waals surface area contributed by atoms with E-state index in [0.717, 1.165) is 11.3 Å². The zero-order chi connectivity index (χ0) is 13.1. The van der Waals surface area contributed by atoms with E-state index in [1.54, 1.807) is 19.3 Å². The van der Waals surface area contributed by atoms with Crippen LogP contribution in [0.5, 0.6) is 0 Å². The van der Waals surface area contributed by atoms with Gasteiger partial charge in [-0.1, -0.05) is 19.1 Å². The average molecular weight is 246 g/mol. The van der Waals surface area contributed by atoms with Gasteiger partial charge in [-0.05, 0) is 24.1 Å². The molecule has 0 saturated carbocycles. The Balaban J connectivity index is 2.29. The molecule has 1 unspecified atom stereocenters. The van der Waals surface area contributed by atoms with Gasteiger partial charge in [0.2, 0.25) is 0 Å². The zero-order valence-corrected chi connectivity index (χ0v) is 9.96. The first-order valence-corrected chi connectivity index (χ1v) is 5.66. The largest absolute Gasteiger partial charge is 0.481 e. The van der Waals surface area contributed by atoms with Crippen LogP contribution < -0.4 is 5.69 Å². The summed E-state index contributed by atoms with van der Waals surface area (Å²) in [6, 6.07) is 7.32. The van der Waals surface area contributed by atoms with Crippen LogP contribution in [0.3, 0.4) is 0 Å². The highest BCUT2D eigenvalue weighted by Crippen LogP contribution is 2.13. The van der Waals surface area contributed by atoms with Crippen LogP contribution >= 0.6 is 0 Å². The molecule has 0 amide bonds. The Labute approximate surface area is 104 Å². The molecule has 0 radical (unpaired) electrons. The molecule has 0 fully saturated rings. The van der Waals surface area contributed by atoms with Crippen molar-refractivity contribution in [2.24, 2.45) is 5.92 Å². The van der Waals surface area contributed by atoms with E-state index in [4.69, 9.17) is 5.11 Å². The van der Waals surface area contributed by atoms with Gasteiger partial charge >= 0.3 is 11.7 Å². The normalized spacial score (nSPS) is 12.3. The van der Waals surface area contributed by atoms with Crippen LogP contribution in [-0.4, -0.2) is 20.6 Å². The lowest BCUT2D eigenvalue weighted by Gasteiger charge is -2.08. The highest BCUT2D eigenvalue weighted by molar-refractivity contribution is 5.69. The molecule has 0 bridgehead atoms. The maximum atomic E-state index is 11.5. The first-order valence-electron chi connectivity index (χ1n) is 5.66. The third-order valence-electron chi connectivity index (χ3n) is 2.80. The summed E-state index contributed by atoms with van der Waals surface area (Å²) >= 11 is 0. The second-order valence-electron chi connectivity index (χ2n) is 4.25. The maximum absolute atomic E-state index is 11.5. The Kier molecular flexibility index (Phi) is 3.32. The quantitative estimate of drug-likeness (QED) is 0.856. The number of H-pyrrole nitrogens is 1. The minimum absolute atomic E-state index is 0.210. The Bertz CT molecular complexity index is 612.